The first kappa shape index (κ1) is 16.8. The normalized spacial score (nSPS) is 24.5. The Morgan fingerprint density at radius 1 is 1.21 bits per heavy atom. The van der Waals surface area contributed by atoms with Gasteiger partial charge in [-0.25, -0.2) is 8.78 Å². The molecular weight excluding hydrogens is 316 g/mol. The number of likely N-dealkylation sites (tertiary alicyclic amines) is 1. The number of nitrogens with zero attached hydrogens (tertiary/aromatic N) is 2. The molecule has 24 heavy (non-hydrogen) atoms. The second-order valence-corrected chi connectivity index (χ2v) is 6.34. The van der Waals surface area contributed by atoms with E-state index in [-0.39, 0.29) is 17.9 Å². The molecule has 7 heteroatoms. The van der Waals surface area contributed by atoms with Crippen LogP contribution in [0.3, 0.4) is 0 Å². The van der Waals surface area contributed by atoms with Crippen molar-refractivity contribution in [2.75, 3.05) is 31.6 Å². The summed E-state index contributed by atoms with van der Waals surface area (Å²) in [7, 11) is 1.87. The Morgan fingerprint density at radius 3 is 2.71 bits per heavy atom. The molecule has 2 heterocycles. The Labute approximate surface area is 139 Å². The van der Waals surface area contributed by atoms with E-state index in [1.807, 2.05) is 7.05 Å². The molecule has 0 aliphatic carbocycles. The van der Waals surface area contributed by atoms with Gasteiger partial charge in [0.05, 0.1) is 0 Å². The van der Waals surface area contributed by atoms with Gasteiger partial charge in [0.25, 0.3) is 0 Å². The first-order valence-electron chi connectivity index (χ1n) is 8.23. The summed E-state index contributed by atoms with van der Waals surface area (Å²) in [6.45, 7) is 1.60. The second-order valence-electron chi connectivity index (χ2n) is 6.34. The summed E-state index contributed by atoms with van der Waals surface area (Å²) in [5.41, 5.74) is 0.293. The highest BCUT2D eigenvalue weighted by Crippen LogP contribution is 2.28. The maximum absolute atomic E-state index is 13.4. The van der Waals surface area contributed by atoms with Crippen LogP contribution in [0.15, 0.2) is 18.2 Å². The minimum atomic E-state index is -0.997. The van der Waals surface area contributed by atoms with Crippen LogP contribution in [0.5, 0.6) is 0 Å². The molecule has 5 nitrogen and oxygen atoms in total. The second kappa shape index (κ2) is 6.84. The predicted molar refractivity (Wildman–Crippen MR) is 85.5 cm³/mol. The fourth-order valence-electron chi connectivity index (χ4n) is 3.45. The Kier molecular flexibility index (Phi) is 4.80. The third-order valence-electron chi connectivity index (χ3n) is 4.86. The molecule has 1 aromatic rings. The smallest absolute Gasteiger partial charge is 0.239 e. The molecule has 0 spiro atoms. The van der Waals surface area contributed by atoms with Gasteiger partial charge in [0.15, 0.2) is 11.6 Å². The summed E-state index contributed by atoms with van der Waals surface area (Å²) in [4.78, 5) is 28.4. The van der Waals surface area contributed by atoms with Crippen molar-refractivity contribution in [3.63, 3.8) is 0 Å². The lowest BCUT2D eigenvalue weighted by atomic mass is 10.0. The largest absolute Gasteiger partial charge is 0.340 e. The van der Waals surface area contributed by atoms with Gasteiger partial charge in [-0.3, -0.25) is 9.59 Å². The molecule has 0 unspecified atom stereocenters. The van der Waals surface area contributed by atoms with Crippen LogP contribution in [0.2, 0.25) is 0 Å². The summed E-state index contributed by atoms with van der Waals surface area (Å²) >= 11 is 0. The number of hydrogen-bond donors (Lipinski definition) is 1. The minimum absolute atomic E-state index is 0.162. The standard InChI is InChI=1S/C17H21F2N3O2/c1-20-11-3-2-7-21(10-11)16(23)13-6-8-22(17(13)24)12-4-5-14(18)15(19)9-12/h4-5,9,11,13,20H,2-3,6-8,10H2,1H3/t11-,13+/m1/s1. The molecular formula is C17H21F2N3O2. The quantitative estimate of drug-likeness (QED) is 0.851. The lowest BCUT2D eigenvalue weighted by molar-refractivity contribution is -0.140. The Balaban J connectivity index is 1.71. The van der Waals surface area contributed by atoms with E-state index in [4.69, 9.17) is 0 Å². The van der Waals surface area contributed by atoms with Gasteiger partial charge in [-0.05, 0) is 38.4 Å². The van der Waals surface area contributed by atoms with E-state index in [0.29, 0.717) is 31.7 Å². The number of amides is 2. The first-order valence-corrected chi connectivity index (χ1v) is 8.23. The van der Waals surface area contributed by atoms with Crippen molar-refractivity contribution < 1.29 is 18.4 Å². The van der Waals surface area contributed by atoms with Crippen molar-refractivity contribution in [2.24, 2.45) is 5.92 Å². The predicted octanol–water partition coefficient (Wildman–Crippen LogP) is 1.53. The third kappa shape index (κ3) is 3.13. The van der Waals surface area contributed by atoms with Crippen molar-refractivity contribution in [3.8, 4) is 0 Å². The summed E-state index contributed by atoms with van der Waals surface area (Å²) in [5.74, 6) is -3.18. The van der Waals surface area contributed by atoms with Crippen LogP contribution in [-0.2, 0) is 9.59 Å². The zero-order valence-corrected chi connectivity index (χ0v) is 13.6. The van der Waals surface area contributed by atoms with Crippen LogP contribution in [0, 0.1) is 17.6 Å². The van der Waals surface area contributed by atoms with Gasteiger partial charge in [-0.15, -0.1) is 0 Å². The SMILES string of the molecule is CN[C@@H]1CCCN(C(=O)[C@@H]2CCN(c3ccc(F)c(F)c3)C2=O)C1. The van der Waals surface area contributed by atoms with E-state index < -0.39 is 17.6 Å². The first-order chi connectivity index (χ1) is 11.5. The Bertz CT molecular complexity index is 653. The summed E-state index contributed by atoms with van der Waals surface area (Å²) < 4.78 is 26.4. The summed E-state index contributed by atoms with van der Waals surface area (Å²) in [6, 6.07) is 3.61. The number of hydrogen-bond acceptors (Lipinski definition) is 3. The maximum atomic E-state index is 13.4. The number of rotatable bonds is 3. The highest BCUT2D eigenvalue weighted by atomic mass is 19.2. The van der Waals surface area contributed by atoms with Crippen LogP contribution in [-0.4, -0.2) is 49.4 Å². The molecule has 2 saturated heterocycles. The average molecular weight is 337 g/mol. The average Bonchev–Trinajstić information content (AvgIpc) is 2.98. The number of anilines is 1. The van der Waals surface area contributed by atoms with Crippen LogP contribution < -0.4 is 10.2 Å². The molecule has 0 radical (unpaired) electrons. The monoisotopic (exact) mass is 337 g/mol. The van der Waals surface area contributed by atoms with E-state index in [1.165, 1.54) is 11.0 Å². The van der Waals surface area contributed by atoms with Gasteiger partial charge in [-0.1, -0.05) is 0 Å². The fourth-order valence-corrected chi connectivity index (χ4v) is 3.45. The molecule has 0 aromatic heterocycles. The van der Waals surface area contributed by atoms with E-state index in [9.17, 15) is 18.4 Å². The number of likely N-dealkylation sites (N-methyl/N-ethyl adjacent to an activating group) is 1. The molecule has 2 atom stereocenters. The minimum Gasteiger partial charge on any atom is -0.340 e. The topological polar surface area (TPSA) is 52.7 Å². The summed E-state index contributed by atoms with van der Waals surface area (Å²) in [6.07, 6.45) is 2.32. The van der Waals surface area contributed by atoms with Gasteiger partial charge in [0, 0.05) is 37.4 Å². The molecule has 0 saturated carbocycles. The van der Waals surface area contributed by atoms with Crippen molar-refractivity contribution in [1.82, 2.24) is 10.2 Å². The van der Waals surface area contributed by atoms with E-state index in [2.05, 4.69) is 5.32 Å². The van der Waals surface area contributed by atoms with Crippen molar-refractivity contribution in [2.45, 2.75) is 25.3 Å². The van der Waals surface area contributed by atoms with Crippen molar-refractivity contribution in [3.05, 3.63) is 29.8 Å². The lowest BCUT2D eigenvalue weighted by Gasteiger charge is -2.33. The van der Waals surface area contributed by atoms with Gasteiger partial charge in [0.1, 0.15) is 5.92 Å². The molecule has 2 fully saturated rings. The number of benzene rings is 1. The third-order valence-corrected chi connectivity index (χ3v) is 4.86. The molecule has 2 amide bonds. The molecule has 130 valence electrons. The number of carbonyl (C=O) groups is 2. The van der Waals surface area contributed by atoms with Crippen LogP contribution in [0.1, 0.15) is 19.3 Å². The molecule has 1 aromatic carbocycles. The molecule has 0 bridgehead atoms. The summed E-state index contributed by atoms with van der Waals surface area (Å²) in [5, 5.41) is 3.17. The Hall–Kier alpha value is -2.02. The molecule has 3 rings (SSSR count). The van der Waals surface area contributed by atoms with Gasteiger partial charge in [-0.2, -0.15) is 0 Å². The zero-order chi connectivity index (χ0) is 17.3. The maximum Gasteiger partial charge on any atom is 0.239 e. The number of carbonyl (C=O) groups excluding carboxylic acids is 2. The molecule has 2 aliphatic heterocycles. The lowest BCUT2D eigenvalue weighted by Crippen LogP contribution is -2.49. The highest BCUT2D eigenvalue weighted by Gasteiger charge is 2.40. The van der Waals surface area contributed by atoms with Crippen LogP contribution in [0.25, 0.3) is 0 Å². The highest BCUT2D eigenvalue weighted by molar-refractivity contribution is 6.09. The Morgan fingerprint density at radius 2 is 2.00 bits per heavy atom. The van der Waals surface area contributed by atoms with Crippen molar-refractivity contribution >= 4 is 17.5 Å². The van der Waals surface area contributed by atoms with Crippen LogP contribution in [0.4, 0.5) is 14.5 Å². The number of nitrogens with one attached hydrogen (secondary N) is 1. The van der Waals surface area contributed by atoms with Crippen molar-refractivity contribution in [1.29, 1.82) is 0 Å². The molecule has 2 aliphatic rings. The van der Waals surface area contributed by atoms with E-state index in [0.717, 1.165) is 25.0 Å². The van der Waals surface area contributed by atoms with E-state index >= 15 is 0 Å². The van der Waals surface area contributed by atoms with Gasteiger partial charge >= 0.3 is 0 Å². The van der Waals surface area contributed by atoms with Gasteiger partial charge in [0.2, 0.25) is 11.8 Å². The van der Waals surface area contributed by atoms with E-state index in [1.54, 1.807) is 4.90 Å². The van der Waals surface area contributed by atoms with Gasteiger partial charge < -0.3 is 15.1 Å². The number of halogens is 2. The zero-order valence-electron chi connectivity index (χ0n) is 13.6. The molecule has 1 N–H and O–H groups in total. The number of piperidine rings is 1. The van der Waals surface area contributed by atoms with Crippen LogP contribution >= 0.6 is 0 Å². The fraction of sp³-hybridized carbons (Fsp3) is 0.529.